The van der Waals surface area contributed by atoms with Gasteiger partial charge >= 0.3 is 0 Å². The normalized spacial score (nSPS) is 10.5. The number of hydrogen-bond acceptors (Lipinski definition) is 4. The topological polar surface area (TPSA) is 57.8 Å². The molecule has 0 radical (unpaired) electrons. The first-order chi connectivity index (χ1) is 8.25. The Hall–Kier alpha value is -0.240. The summed E-state index contributed by atoms with van der Waals surface area (Å²) in [6.07, 6.45) is 8.50. The summed E-state index contributed by atoms with van der Waals surface area (Å²) in [5.74, 6) is 1.94. The van der Waals surface area contributed by atoms with Crippen molar-refractivity contribution in [2.45, 2.75) is 25.7 Å². The van der Waals surface area contributed by atoms with Gasteiger partial charge in [-0.1, -0.05) is 12.8 Å². The SMILES string of the molecule is CSCCCCCCNc1nc[nH]c(=O)c1I. The number of rotatable bonds is 8. The van der Waals surface area contributed by atoms with Crippen LogP contribution in [0.25, 0.3) is 0 Å². The maximum atomic E-state index is 11.3. The fourth-order valence-corrected chi connectivity index (χ4v) is 2.42. The number of H-pyrrole nitrogens is 1. The smallest absolute Gasteiger partial charge is 0.266 e. The molecule has 0 fully saturated rings. The van der Waals surface area contributed by atoms with Crippen molar-refractivity contribution in [3.8, 4) is 0 Å². The molecule has 4 nitrogen and oxygen atoms in total. The zero-order valence-electron chi connectivity index (χ0n) is 9.96. The van der Waals surface area contributed by atoms with Crippen molar-refractivity contribution in [3.05, 3.63) is 20.3 Å². The maximum Gasteiger partial charge on any atom is 0.266 e. The standard InChI is InChI=1S/C11H18IN3OS/c1-17-7-5-3-2-4-6-13-10-9(12)11(16)15-8-14-10/h8H,2-7H2,1H3,(H2,13,14,15,16). The molecule has 0 atom stereocenters. The van der Waals surface area contributed by atoms with Crippen molar-refractivity contribution >= 4 is 40.2 Å². The van der Waals surface area contributed by atoms with Gasteiger partial charge in [0.25, 0.3) is 5.56 Å². The summed E-state index contributed by atoms with van der Waals surface area (Å²) in [7, 11) is 0. The summed E-state index contributed by atoms with van der Waals surface area (Å²) in [6, 6.07) is 0. The van der Waals surface area contributed by atoms with E-state index in [0.29, 0.717) is 9.39 Å². The number of unbranched alkanes of at least 4 members (excludes halogenated alkanes) is 3. The fourth-order valence-electron chi connectivity index (χ4n) is 1.44. The van der Waals surface area contributed by atoms with E-state index in [9.17, 15) is 4.79 Å². The molecule has 1 heterocycles. The lowest BCUT2D eigenvalue weighted by atomic mass is 10.2. The van der Waals surface area contributed by atoms with E-state index in [1.165, 1.54) is 31.3 Å². The van der Waals surface area contributed by atoms with Crippen LogP contribution >= 0.6 is 34.4 Å². The third-order valence-electron chi connectivity index (χ3n) is 2.36. The average molecular weight is 367 g/mol. The lowest BCUT2D eigenvalue weighted by Crippen LogP contribution is -2.15. The molecule has 0 aliphatic rings. The number of nitrogens with zero attached hydrogens (tertiary/aromatic N) is 1. The zero-order chi connectivity index (χ0) is 12.5. The van der Waals surface area contributed by atoms with Crippen LogP contribution in [0.4, 0.5) is 5.82 Å². The molecule has 6 heteroatoms. The highest BCUT2D eigenvalue weighted by Crippen LogP contribution is 2.09. The van der Waals surface area contributed by atoms with Gasteiger partial charge in [-0.2, -0.15) is 11.8 Å². The van der Waals surface area contributed by atoms with Crippen molar-refractivity contribution in [2.24, 2.45) is 0 Å². The minimum Gasteiger partial charge on any atom is -0.369 e. The number of anilines is 1. The Bertz CT molecular complexity index is 383. The zero-order valence-corrected chi connectivity index (χ0v) is 12.9. The van der Waals surface area contributed by atoms with Gasteiger partial charge in [0.2, 0.25) is 0 Å². The molecule has 0 amide bonds. The number of thioether (sulfide) groups is 1. The number of aromatic amines is 1. The third-order valence-corrected chi connectivity index (χ3v) is 4.06. The molecular formula is C11H18IN3OS. The van der Waals surface area contributed by atoms with E-state index < -0.39 is 0 Å². The van der Waals surface area contributed by atoms with Gasteiger partial charge < -0.3 is 10.3 Å². The van der Waals surface area contributed by atoms with Gasteiger partial charge in [-0.3, -0.25) is 4.79 Å². The second-order valence-electron chi connectivity index (χ2n) is 3.73. The van der Waals surface area contributed by atoms with Crippen molar-refractivity contribution in [1.82, 2.24) is 9.97 Å². The molecular weight excluding hydrogens is 349 g/mol. The van der Waals surface area contributed by atoms with Crippen molar-refractivity contribution in [3.63, 3.8) is 0 Å². The molecule has 0 unspecified atom stereocenters. The van der Waals surface area contributed by atoms with E-state index >= 15 is 0 Å². The summed E-state index contributed by atoms with van der Waals surface area (Å²) >= 11 is 3.91. The monoisotopic (exact) mass is 367 g/mol. The van der Waals surface area contributed by atoms with Crippen LogP contribution < -0.4 is 10.9 Å². The van der Waals surface area contributed by atoms with E-state index in [2.05, 4.69) is 21.5 Å². The Morgan fingerprint density at radius 2 is 2.18 bits per heavy atom. The highest BCUT2D eigenvalue weighted by atomic mass is 127. The van der Waals surface area contributed by atoms with Crippen LogP contribution in [-0.4, -0.2) is 28.5 Å². The molecule has 1 aromatic rings. The van der Waals surface area contributed by atoms with Crippen molar-refractivity contribution in [2.75, 3.05) is 23.9 Å². The molecule has 17 heavy (non-hydrogen) atoms. The Morgan fingerprint density at radius 3 is 2.94 bits per heavy atom. The van der Waals surface area contributed by atoms with Gasteiger partial charge in [-0.15, -0.1) is 0 Å². The minimum absolute atomic E-state index is 0.0805. The highest BCUT2D eigenvalue weighted by molar-refractivity contribution is 14.1. The van der Waals surface area contributed by atoms with Gasteiger partial charge in [0.15, 0.2) is 0 Å². The van der Waals surface area contributed by atoms with Crippen LogP contribution in [0.5, 0.6) is 0 Å². The van der Waals surface area contributed by atoms with E-state index in [1.54, 1.807) is 0 Å². The summed E-state index contributed by atoms with van der Waals surface area (Å²) in [6.45, 7) is 0.881. The molecule has 1 aromatic heterocycles. The molecule has 0 aliphatic carbocycles. The number of nitrogens with one attached hydrogen (secondary N) is 2. The predicted octanol–water partition coefficient (Wildman–Crippen LogP) is 2.71. The van der Waals surface area contributed by atoms with Gasteiger partial charge in [-0.25, -0.2) is 4.98 Å². The summed E-state index contributed by atoms with van der Waals surface area (Å²) in [5.41, 5.74) is -0.0805. The van der Waals surface area contributed by atoms with Crippen LogP contribution in [0, 0.1) is 3.57 Å². The summed E-state index contributed by atoms with van der Waals surface area (Å²) in [4.78, 5) is 18.0. The first kappa shape index (κ1) is 14.8. The average Bonchev–Trinajstić information content (AvgIpc) is 2.33. The van der Waals surface area contributed by atoms with Gasteiger partial charge in [0, 0.05) is 6.54 Å². The summed E-state index contributed by atoms with van der Waals surface area (Å²) < 4.78 is 0.632. The van der Waals surface area contributed by atoms with E-state index in [1.807, 2.05) is 34.4 Å². The second kappa shape index (κ2) is 8.79. The number of halogens is 1. The van der Waals surface area contributed by atoms with Gasteiger partial charge in [0.1, 0.15) is 9.39 Å². The lowest BCUT2D eigenvalue weighted by Gasteiger charge is -2.06. The molecule has 0 aromatic carbocycles. The minimum atomic E-state index is -0.0805. The van der Waals surface area contributed by atoms with Gasteiger partial charge in [-0.05, 0) is 47.4 Å². The Morgan fingerprint density at radius 1 is 1.41 bits per heavy atom. The molecule has 0 bridgehead atoms. The highest BCUT2D eigenvalue weighted by Gasteiger charge is 2.03. The largest absolute Gasteiger partial charge is 0.369 e. The fraction of sp³-hybridized carbons (Fsp3) is 0.636. The maximum absolute atomic E-state index is 11.3. The molecule has 0 saturated heterocycles. The van der Waals surface area contributed by atoms with E-state index in [4.69, 9.17) is 0 Å². The first-order valence-electron chi connectivity index (χ1n) is 5.71. The van der Waals surface area contributed by atoms with Crippen LogP contribution in [0.15, 0.2) is 11.1 Å². The Labute approximate surface area is 120 Å². The quantitative estimate of drug-likeness (QED) is 0.548. The molecule has 0 aliphatic heterocycles. The molecule has 0 saturated carbocycles. The van der Waals surface area contributed by atoms with Crippen LogP contribution in [-0.2, 0) is 0 Å². The lowest BCUT2D eigenvalue weighted by molar-refractivity contribution is 0.688. The molecule has 96 valence electrons. The van der Waals surface area contributed by atoms with E-state index in [-0.39, 0.29) is 5.56 Å². The number of hydrogen-bond donors (Lipinski definition) is 2. The Balaban J connectivity index is 2.18. The van der Waals surface area contributed by atoms with Gasteiger partial charge in [0.05, 0.1) is 6.33 Å². The first-order valence-corrected chi connectivity index (χ1v) is 8.19. The summed E-state index contributed by atoms with van der Waals surface area (Å²) in [5, 5.41) is 3.20. The van der Waals surface area contributed by atoms with Crippen molar-refractivity contribution in [1.29, 1.82) is 0 Å². The van der Waals surface area contributed by atoms with Crippen molar-refractivity contribution < 1.29 is 0 Å². The number of aromatic nitrogens is 2. The van der Waals surface area contributed by atoms with Crippen LogP contribution in [0.1, 0.15) is 25.7 Å². The Kier molecular flexibility index (Phi) is 7.67. The van der Waals surface area contributed by atoms with Crippen LogP contribution in [0.2, 0.25) is 0 Å². The molecule has 0 spiro atoms. The van der Waals surface area contributed by atoms with E-state index in [0.717, 1.165) is 13.0 Å². The predicted molar refractivity (Wildman–Crippen MR) is 82.9 cm³/mol. The molecule has 2 N–H and O–H groups in total. The molecule has 1 rings (SSSR count). The van der Waals surface area contributed by atoms with Crippen LogP contribution in [0.3, 0.4) is 0 Å². The third kappa shape index (κ3) is 5.76. The second-order valence-corrected chi connectivity index (χ2v) is 5.79.